The number of carbonyl (C=O) groups excluding carboxylic acids is 1. The molecule has 1 aromatic rings. The van der Waals surface area contributed by atoms with Crippen molar-refractivity contribution in [3.63, 3.8) is 0 Å². The van der Waals surface area contributed by atoms with Gasteiger partial charge in [0, 0.05) is 10.6 Å². The second kappa shape index (κ2) is 5.76. The van der Waals surface area contributed by atoms with Crippen LogP contribution in [-0.4, -0.2) is 17.7 Å². The fourth-order valence-corrected chi connectivity index (χ4v) is 2.12. The number of rotatable bonds is 3. The summed E-state index contributed by atoms with van der Waals surface area (Å²) in [6.45, 7) is 0. The van der Waals surface area contributed by atoms with Gasteiger partial charge in [-0.2, -0.15) is 0 Å². The number of carbonyl (C=O) groups is 1. The predicted octanol–water partition coefficient (Wildman–Crippen LogP) is 2.65. The first-order valence-electron chi connectivity index (χ1n) is 5.38. The van der Waals surface area contributed by atoms with Crippen LogP contribution in [0.25, 0.3) is 0 Å². The van der Waals surface area contributed by atoms with Crippen molar-refractivity contribution in [2.24, 2.45) is 5.73 Å². The third-order valence-electron chi connectivity index (χ3n) is 3.05. The van der Waals surface area contributed by atoms with E-state index in [0.717, 1.165) is 24.9 Å². The summed E-state index contributed by atoms with van der Waals surface area (Å²) >= 11 is 1.68. The van der Waals surface area contributed by atoms with Gasteiger partial charge < -0.3 is 11.1 Å². The number of benzene rings is 1. The van der Waals surface area contributed by atoms with Crippen molar-refractivity contribution in [1.29, 1.82) is 0 Å². The van der Waals surface area contributed by atoms with Gasteiger partial charge in [-0.25, -0.2) is 0 Å². The molecule has 0 saturated heterocycles. The van der Waals surface area contributed by atoms with Gasteiger partial charge in [0.1, 0.15) is 0 Å². The number of hydrogen-bond donors (Lipinski definition) is 2. The zero-order chi connectivity index (χ0) is 11.6. The molecule has 1 aromatic carbocycles. The number of nitrogens with one attached hydrogen (secondary N) is 1. The molecule has 1 amide bonds. The third kappa shape index (κ3) is 3.15. The average molecular weight is 273 g/mol. The van der Waals surface area contributed by atoms with Gasteiger partial charge in [0.25, 0.3) is 0 Å². The van der Waals surface area contributed by atoms with E-state index in [0.29, 0.717) is 0 Å². The largest absolute Gasteiger partial charge is 0.324 e. The molecule has 0 atom stereocenters. The minimum Gasteiger partial charge on any atom is -0.324 e. The molecule has 5 heteroatoms. The number of anilines is 1. The van der Waals surface area contributed by atoms with Gasteiger partial charge in [-0.1, -0.05) is 0 Å². The van der Waals surface area contributed by atoms with Gasteiger partial charge >= 0.3 is 0 Å². The first-order valence-corrected chi connectivity index (χ1v) is 6.61. The standard InChI is InChI=1S/C12H16N2OS.ClH/c1-16-10-5-3-9(4-6-10)14-11(15)12(13)7-2-8-12;/h3-6H,2,7-8,13H2,1H3,(H,14,15);1H. The summed E-state index contributed by atoms with van der Waals surface area (Å²) in [5, 5.41) is 2.86. The molecule has 1 saturated carbocycles. The molecule has 0 aromatic heterocycles. The molecule has 0 radical (unpaired) electrons. The lowest BCUT2D eigenvalue weighted by atomic mass is 9.77. The Morgan fingerprint density at radius 2 is 1.94 bits per heavy atom. The summed E-state index contributed by atoms with van der Waals surface area (Å²) in [4.78, 5) is 13.0. The maximum absolute atomic E-state index is 11.8. The molecular formula is C12H17ClN2OS. The van der Waals surface area contributed by atoms with Crippen molar-refractivity contribution in [2.45, 2.75) is 29.7 Å². The molecule has 0 spiro atoms. The van der Waals surface area contributed by atoms with E-state index in [1.807, 2.05) is 30.5 Å². The molecule has 0 heterocycles. The van der Waals surface area contributed by atoms with Crippen molar-refractivity contribution in [3.05, 3.63) is 24.3 Å². The zero-order valence-corrected chi connectivity index (χ0v) is 11.4. The quantitative estimate of drug-likeness (QED) is 0.832. The number of nitrogens with two attached hydrogens (primary N) is 1. The smallest absolute Gasteiger partial charge is 0.244 e. The lowest BCUT2D eigenvalue weighted by Gasteiger charge is -2.36. The average Bonchev–Trinajstić information content (AvgIpc) is 2.27. The van der Waals surface area contributed by atoms with Crippen LogP contribution in [0.5, 0.6) is 0 Å². The summed E-state index contributed by atoms with van der Waals surface area (Å²) in [5.41, 5.74) is 6.13. The Morgan fingerprint density at radius 3 is 2.35 bits per heavy atom. The van der Waals surface area contributed by atoms with Crippen LogP contribution in [0, 0.1) is 0 Å². The van der Waals surface area contributed by atoms with E-state index in [9.17, 15) is 4.79 Å². The van der Waals surface area contributed by atoms with E-state index < -0.39 is 5.54 Å². The Labute approximate surface area is 112 Å². The normalized spacial score (nSPS) is 16.6. The van der Waals surface area contributed by atoms with Crippen molar-refractivity contribution in [2.75, 3.05) is 11.6 Å². The molecule has 17 heavy (non-hydrogen) atoms. The van der Waals surface area contributed by atoms with Crippen LogP contribution in [0.1, 0.15) is 19.3 Å². The van der Waals surface area contributed by atoms with Gasteiger partial charge in [0.2, 0.25) is 5.91 Å². The zero-order valence-electron chi connectivity index (χ0n) is 9.73. The number of amides is 1. The Balaban J connectivity index is 0.00000144. The molecule has 1 fully saturated rings. The van der Waals surface area contributed by atoms with Crippen molar-refractivity contribution >= 4 is 35.8 Å². The van der Waals surface area contributed by atoms with Crippen LogP contribution >= 0.6 is 24.2 Å². The molecule has 0 aliphatic heterocycles. The van der Waals surface area contributed by atoms with E-state index in [4.69, 9.17) is 5.73 Å². The highest BCUT2D eigenvalue weighted by molar-refractivity contribution is 7.98. The Morgan fingerprint density at radius 1 is 1.35 bits per heavy atom. The van der Waals surface area contributed by atoms with Crippen molar-refractivity contribution in [1.82, 2.24) is 0 Å². The van der Waals surface area contributed by atoms with Crippen LogP contribution in [-0.2, 0) is 4.79 Å². The fraction of sp³-hybridized carbons (Fsp3) is 0.417. The SMILES string of the molecule is CSc1ccc(NC(=O)C2(N)CCC2)cc1.Cl. The molecular weight excluding hydrogens is 256 g/mol. The summed E-state index contributed by atoms with van der Waals surface area (Å²) in [7, 11) is 0. The second-order valence-corrected chi connectivity index (χ2v) is 5.07. The lowest BCUT2D eigenvalue weighted by Crippen LogP contribution is -2.56. The van der Waals surface area contributed by atoms with Crippen molar-refractivity contribution < 1.29 is 4.79 Å². The Bertz CT molecular complexity index is 390. The van der Waals surface area contributed by atoms with Crippen LogP contribution < -0.4 is 11.1 Å². The van der Waals surface area contributed by atoms with E-state index in [-0.39, 0.29) is 18.3 Å². The summed E-state index contributed by atoms with van der Waals surface area (Å²) in [5.74, 6) is -0.0596. The predicted molar refractivity (Wildman–Crippen MR) is 74.9 cm³/mol. The molecule has 3 N–H and O–H groups in total. The molecule has 1 aliphatic rings. The highest BCUT2D eigenvalue weighted by atomic mass is 35.5. The first-order chi connectivity index (χ1) is 7.64. The van der Waals surface area contributed by atoms with E-state index in [1.54, 1.807) is 11.8 Å². The van der Waals surface area contributed by atoms with Crippen LogP contribution in [0.3, 0.4) is 0 Å². The summed E-state index contributed by atoms with van der Waals surface area (Å²) in [6.07, 6.45) is 4.66. The van der Waals surface area contributed by atoms with Crippen molar-refractivity contribution in [3.8, 4) is 0 Å². The van der Waals surface area contributed by atoms with E-state index in [2.05, 4.69) is 5.32 Å². The second-order valence-electron chi connectivity index (χ2n) is 4.19. The Hall–Kier alpha value is -0.710. The van der Waals surface area contributed by atoms with Crippen LogP contribution in [0.2, 0.25) is 0 Å². The highest BCUT2D eigenvalue weighted by Gasteiger charge is 2.39. The lowest BCUT2D eigenvalue weighted by molar-refractivity contribution is -0.123. The van der Waals surface area contributed by atoms with Gasteiger partial charge in [0.15, 0.2) is 0 Å². The molecule has 3 nitrogen and oxygen atoms in total. The number of hydrogen-bond acceptors (Lipinski definition) is 3. The number of thioether (sulfide) groups is 1. The first kappa shape index (κ1) is 14.4. The molecule has 0 unspecified atom stereocenters. The van der Waals surface area contributed by atoms with Crippen LogP contribution in [0.15, 0.2) is 29.2 Å². The van der Waals surface area contributed by atoms with Gasteiger partial charge in [-0.3, -0.25) is 4.79 Å². The minimum absolute atomic E-state index is 0. The number of halogens is 1. The maximum atomic E-state index is 11.8. The third-order valence-corrected chi connectivity index (χ3v) is 3.79. The topological polar surface area (TPSA) is 55.1 Å². The minimum atomic E-state index is -0.627. The van der Waals surface area contributed by atoms with Gasteiger partial charge in [-0.05, 0) is 49.8 Å². The maximum Gasteiger partial charge on any atom is 0.244 e. The van der Waals surface area contributed by atoms with Crippen LogP contribution in [0.4, 0.5) is 5.69 Å². The highest BCUT2D eigenvalue weighted by Crippen LogP contribution is 2.30. The monoisotopic (exact) mass is 272 g/mol. The van der Waals surface area contributed by atoms with Gasteiger partial charge in [0.05, 0.1) is 5.54 Å². The molecule has 1 aliphatic carbocycles. The molecule has 2 rings (SSSR count). The molecule has 94 valence electrons. The molecule has 0 bridgehead atoms. The summed E-state index contributed by atoms with van der Waals surface area (Å²) < 4.78 is 0. The van der Waals surface area contributed by atoms with E-state index >= 15 is 0 Å². The Kier molecular flexibility index (Phi) is 4.86. The fourth-order valence-electron chi connectivity index (χ4n) is 1.71. The van der Waals surface area contributed by atoms with E-state index in [1.165, 1.54) is 4.90 Å². The van der Waals surface area contributed by atoms with Gasteiger partial charge in [-0.15, -0.1) is 24.2 Å². The summed E-state index contributed by atoms with van der Waals surface area (Å²) in [6, 6.07) is 7.80.